The predicted molar refractivity (Wildman–Crippen MR) is 98.7 cm³/mol. The number of unbranched alkanes of at least 4 members (excludes halogenated alkanes) is 9. The molecule has 6 rings (SSSR count). The summed E-state index contributed by atoms with van der Waals surface area (Å²) < 4.78 is 6.63. The first-order valence-electron chi connectivity index (χ1n) is 10.9. The summed E-state index contributed by atoms with van der Waals surface area (Å²) in [5, 5.41) is 0. The summed E-state index contributed by atoms with van der Waals surface area (Å²) in [5.41, 5.74) is 0.738. The highest BCUT2D eigenvalue weighted by Crippen LogP contribution is 2.70. The molecule has 3 saturated carbocycles. The second-order valence-corrected chi connectivity index (χ2v) is 9.02. The molecule has 134 valence electrons. The fourth-order valence-electron chi connectivity index (χ4n) is 6.01. The summed E-state index contributed by atoms with van der Waals surface area (Å²) >= 11 is 0. The van der Waals surface area contributed by atoms with Crippen LogP contribution in [0.5, 0.6) is 0 Å². The standard InChI is InChI=1S/C22H40O/c1-3-5-7-9-11-13-15-22-18-21(23-22)16-19(17-21)20(22)14-12-10-8-6-4-2/h19-20H,3-18H2,1-2H3/t19?,20-,21?,22-/m0/s1. The van der Waals surface area contributed by atoms with Gasteiger partial charge in [0.15, 0.2) is 0 Å². The first-order chi connectivity index (χ1) is 11.2. The SMILES string of the molecule is CCCCCCCC[C@]12CC3(CC(C3)[C@@H]1CCCCCCC)O2. The first kappa shape index (κ1) is 17.8. The summed E-state index contributed by atoms with van der Waals surface area (Å²) in [6, 6.07) is 0. The lowest BCUT2D eigenvalue weighted by Gasteiger charge is -2.74. The van der Waals surface area contributed by atoms with Gasteiger partial charge in [0, 0.05) is 6.42 Å². The monoisotopic (exact) mass is 320 g/mol. The van der Waals surface area contributed by atoms with Gasteiger partial charge in [0.2, 0.25) is 0 Å². The quantitative estimate of drug-likeness (QED) is 0.331. The second-order valence-electron chi connectivity index (χ2n) is 9.02. The highest BCUT2D eigenvalue weighted by molar-refractivity contribution is 5.21. The van der Waals surface area contributed by atoms with Gasteiger partial charge >= 0.3 is 0 Å². The summed E-state index contributed by atoms with van der Waals surface area (Å²) in [6.07, 6.45) is 22.7. The van der Waals surface area contributed by atoms with Crippen LogP contribution in [0.15, 0.2) is 0 Å². The summed E-state index contributed by atoms with van der Waals surface area (Å²) in [5.74, 6) is 1.94. The van der Waals surface area contributed by atoms with Gasteiger partial charge in [-0.1, -0.05) is 84.5 Å². The molecule has 0 unspecified atom stereocenters. The van der Waals surface area contributed by atoms with Crippen LogP contribution in [0, 0.1) is 11.8 Å². The molecular formula is C22H40O. The smallest absolute Gasteiger partial charge is 0.0748 e. The summed E-state index contributed by atoms with van der Waals surface area (Å²) in [7, 11) is 0. The molecule has 3 saturated heterocycles. The van der Waals surface area contributed by atoms with Crippen LogP contribution in [0.3, 0.4) is 0 Å². The third kappa shape index (κ3) is 3.80. The zero-order chi connectivity index (χ0) is 16.2. The van der Waals surface area contributed by atoms with Crippen LogP contribution in [0.1, 0.15) is 117 Å². The van der Waals surface area contributed by atoms with Gasteiger partial charge < -0.3 is 4.74 Å². The van der Waals surface area contributed by atoms with E-state index in [-0.39, 0.29) is 0 Å². The third-order valence-corrected chi connectivity index (χ3v) is 7.13. The first-order valence-corrected chi connectivity index (χ1v) is 10.9. The van der Waals surface area contributed by atoms with Crippen molar-refractivity contribution in [3.05, 3.63) is 0 Å². The third-order valence-electron chi connectivity index (χ3n) is 7.13. The van der Waals surface area contributed by atoms with E-state index in [1.807, 2.05) is 0 Å². The van der Waals surface area contributed by atoms with E-state index < -0.39 is 0 Å². The van der Waals surface area contributed by atoms with Gasteiger partial charge in [0.1, 0.15) is 0 Å². The van der Waals surface area contributed by atoms with Crippen molar-refractivity contribution < 1.29 is 4.74 Å². The number of rotatable bonds is 13. The summed E-state index contributed by atoms with van der Waals surface area (Å²) in [6.45, 7) is 4.62. The van der Waals surface area contributed by atoms with Gasteiger partial charge in [-0.05, 0) is 37.5 Å². The Morgan fingerprint density at radius 1 is 0.783 bits per heavy atom. The molecule has 0 radical (unpaired) electrons. The van der Waals surface area contributed by atoms with Crippen molar-refractivity contribution in [3.8, 4) is 0 Å². The topological polar surface area (TPSA) is 9.23 Å². The fraction of sp³-hybridized carbons (Fsp3) is 1.00. The molecule has 3 bridgehead atoms. The van der Waals surface area contributed by atoms with Crippen molar-refractivity contribution in [1.29, 1.82) is 0 Å². The Morgan fingerprint density at radius 3 is 2.00 bits per heavy atom. The maximum absolute atomic E-state index is 6.63. The van der Waals surface area contributed by atoms with Crippen molar-refractivity contribution in [3.63, 3.8) is 0 Å². The van der Waals surface area contributed by atoms with Crippen molar-refractivity contribution in [2.45, 2.75) is 128 Å². The van der Waals surface area contributed by atoms with E-state index in [2.05, 4.69) is 13.8 Å². The number of hydrogen-bond donors (Lipinski definition) is 0. The minimum Gasteiger partial charge on any atom is -0.368 e. The van der Waals surface area contributed by atoms with E-state index in [0.717, 1.165) is 11.8 Å². The largest absolute Gasteiger partial charge is 0.368 e. The molecule has 6 fully saturated rings. The molecule has 2 atom stereocenters. The molecule has 1 nitrogen and oxygen atoms in total. The maximum atomic E-state index is 6.63. The predicted octanol–water partition coefficient (Wildman–Crippen LogP) is 7.04. The summed E-state index contributed by atoms with van der Waals surface area (Å²) in [4.78, 5) is 0. The van der Waals surface area contributed by atoms with Crippen LogP contribution >= 0.6 is 0 Å². The Bertz CT molecular complexity index is 347. The molecule has 23 heavy (non-hydrogen) atoms. The zero-order valence-corrected chi connectivity index (χ0v) is 15.9. The molecule has 1 heteroatoms. The van der Waals surface area contributed by atoms with Crippen LogP contribution in [0.2, 0.25) is 0 Å². The van der Waals surface area contributed by atoms with Gasteiger partial charge in [0.25, 0.3) is 0 Å². The molecule has 0 aromatic heterocycles. The normalized spacial score (nSPS) is 37.3. The fourth-order valence-corrected chi connectivity index (χ4v) is 6.01. The molecule has 0 N–H and O–H groups in total. The van der Waals surface area contributed by atoms with Crippen LogP contribution in [0.25, 0.3) is 0 Å². The van der Waals surface area contributed by atoms with Crippen LogP contribution < -0.4 is 0 Å². The maximum Gasteiger partial charge on any atom is 0.0748 e. The average Bonchev–Trinajstić information content (AvgIpc) is 2.49. The van der Waals surface area contributed by atoms with Gasteiger partial charge in [0.05, 0.1) is 11.2 Å². The van der Waals surface area contributed by atoms with E-state index in [9.17, 15) is 0 Å². The molecule has 0 aromatic carbocycles. The minimum absolute atomic E-state index is 0.344. The van der Waals surface area contributed by atoms with E-state index in [0.29, 0.717) is 11.2 Å². The average molecular weight is 321 g/mol. The number of ether oxygens (including phenoxy) is 1. The Balaban J connectivity index is 1.39. The van der Waals surface area contributed by atoms with Crippen LogP contribution in [0.4, 0.5) is 0 Å². The Kier molecular flexibility index (Phi) is 6.10. The van der Waals surface area contributed by atoms with Crippen LogP contribution in [-0.4, -0.2) is 11.2 Å². The Hall–Kier alpha value is -0.0400. The van der Waals surface area contributed by atoms with Gasteiger partial charge in [-0.2, -0.15) is 0 Å². The highest BCUT2D eigenvalue weighted by Gasteiger charge is 2.71. The van der Waals surface area contributed by atoms with Gasteiger partial charge in [-0.25, -0.2) is 0 Å². The minimum atomic E-state index is 0.344. The lowest BCUT2D eigenvalue weighted by atomic mass is 9.45. The van der Waals surface area contributed by atoms with Gasteiger partial charge in [-0.15, -0.1) is 0 Å². The van der Waals surface area contributed by atoms with E-state index in [4.69, 9.17) is 4.74 Å². The van der Waals surface area contributed by atoms with Crippen molar-refractivity contribution in [1.82, 2.24) is 0 Å². The van der Waals surface area contributed by atoms with Crippen LogP contribution in [-0.2, 0) is 4.74 Å². The lowest BCUT2D eigenvalue weighted by Crippen LogP contribution is -2.76. The molecule has 3 heterocycles. The molecule has 3 aliphatic heterocycles. The van der Waals surface area contributed by atoms with E-state index >= 15 is 0 Å². The van der Waals surface area contributed by atoms with Crippen molar-refractivity contribution >= 4 is 0 Å². The molecule has 6 aliphatic rings. The van der Waals surface area contributed by atoms with Gasteiger partial charge in [-0.3, -0.25) is 0 Å². The Morgan fingerprint density at radius 2 is 1.35 bits per heavy atom. The lowest BCUT2D eigenvalue weighted by molar-refractivity contribution is -0.399. The van der Waals surface area contributed by atoms with Crippen molar-refractivity contribution in [2.75, 3.05) is 0 Å². The number of hydrogen-bond acceptors (Lipinski definition) is 1. The molecular weight excluding hydrogens is 280 g/mol. The molecule has 0 aromatic rings. The molecule has 3 aliphatic carbocycles. The zero-order valence-electron chi connectivity index (χ0n) is 15.9. The Labute approximate surface area is 144 Å². The second kappa shape index (κ2) is 7.89. The molecule has 1 spiro atoms. The van der Waals surface area contributed by atoms with E-state index in [1.165, 1.54) is 103 Å². The van der Waals surface area contributed by atoms with E-state index in [1.54, 1.807) is 0 Å². The molecule has 0 amide bonds. The highest BCUT2D eigenvalue weighted by atomic mass is 16.6. The van der Waals surface area contributed by atoms with Crippen molar-refractivity contribution in [2.24, 2.45) is 11.8 Å².